The lowest BCUT2D eigenvalue weighted by atomic mass is 9.75. The highest BCUT2D eigenvalue weighted by Crippen LogP contribution is 2.39. The number of nitrogens with zero attached hydrogens (tertiary/aromatic N) is 1. The summed E-state index contributed by atoms with van der Waals surface area (Å²) >= 11 is 0. The molecule has 0 spiro atoms. The van der Waals surface area contributed by atoms with Gasteiger partial charge in [0.05, 0.1) is 16.5 Å². The third kappa shape index (κ3) is 3.33. The minimum Gasteiger partial charge on any atom is -0.400 e. The Morgan fingerprint density at radius 1 is 1.08 bits per heavy atom. The Morgan fingerprint density at radius 2 is 1.67 bits per heavy atom. The quantitative estimate of drug-likeness (QED) is 0.731. The van der Waals surface area contributed by atoms with Gasteiger partial charge in [-0.2, -0.15) is 4.31 Å². The molecule has 0 aromatic heterocycles. The molecule has 5 nitrogen and oxygen atoms in total. The van der Waals surface area contributed by atoms with E-state index < -0.39 is 10.0 Å². The molecule has 2 fully saturated rings. The largest absolute Gasteiger partial charge is 0.490 e. The average molecular weight is 355 g/mol. The van der Waals surface area contributed by atoms with E-state index in [0.717, 1.165) is 37.6 Å². The summed E-state index contributed by atoms with van der Waals surface area (Å²) in [6.45, 7) is 9.13. The lowest BCUT2D eigenvalue weighted by Crippen LogP contribution is -2.43. The molecular formula is C17H30BNO4S. The van der Waals surface area contributed by atoms with Gasteiger partial charge in [0, 0.05) is 13.1 Å². The lowest BCUT2D eigenvalue weighted by molar-refractivity contribution is 0.00578. The number of hydrogen-bond donors (Lipinski definition) is 0. The second kappa shape index (κ2) is 6.42. The van der Waals surface area contributed by atoms with Crippen LogP contribution in [-0.2, 0) is 19.3 Å². The van der Waals surface area contributed by atoms with E-state index in [9.17, 15) is 8.42 Å². The molecule has 0 aromatic carbocycles. The lowest BCUT2D eigenvalue weighted by Gasteiger charge is -2.32. The van der Waals surface area contributed by atoms with Gasteiger partial charge in [0.25, 0.3) is 0 Å². The standard InChI is InChI=1S/C17H30BNO4S/c1-16(2)17(3,4)23-18(22-16)14-10-12-19(13-11-14)24(20,21)15-8-6-5-7-9-15/h10,15H,5-9,11-13H2,1-4H3. The van der Waals surface area contributed by atoms with Crippen molar-refractivity contribution in [3.8, 4) is 0 Å². The number of hydrogen-bond acceptors (Lipinski definition) is 4. The molecule has 3 aliphatic rings. The Morgan fingerprint density at radius 3 is 2.17 bits per heavy atom. The fraction of sp³-hybridized carbons (Fsp3) is 0.882. The fourth-order valence-electron chi connectivity index (χ4n) is 3.68. The molecule has 136 valence electrons. The van der Waals surface area contributed by atoms with Gasteiger partial charge in [-0.25, -0.2) is 8.42 Å². The summed E-state index contributed by atoms with van der Waals surface area (Å²) in [5.41, 5.74) is 0.358. The Labute approximate surface area is 147 Å². The highest BCUT2D eigenvalue weighted by molar-refractivity contribution is 7.89. The molecule has 1 saturated heterocycles. The molecule has 1 aliphatic carbocycles. The van der Waals surface area contributed by atoms with Gasteiger partial charge in [-0.05, 0) is 52.4 Å². The molecule has 0 aromatic rings. The molecule has 0 N–H and O–H groups in total. The topological polar surface area (TPSA) is 55.8 Å². The van der Waals surface area contributed by atoms with Gasteiger partial charge in [0.1, 0.15) is 0 Å². The first-order valence-corrected chi connectivity index (χ1v) is 10.7. The van der Waals surface area contributed by atoms with Crippen molar-refractivity contribution in [2.24, 2.45) is 0 Å². The summed E-state index contributed by atoms with van der Waals surface area (Å²) in [4.78, 5) is 0. The predicted octanol–water partition coefficient (Wildman–Crippen LogP) is 2.91. The molecular weight excluding hydrogens is 325 g/mol. The molecule has 0 atom stereocenters. The summed E-state index contributed by atoms with van der Waals surface area (Å²) in [7, 11) is -3.52. The first-order chi connectivity index (χ1) is 11.1. The van der Waals surface area contributed by atoms with Crippen LogP contribution in [0.15, 0.2) is 11.5 Å². The van der Waals surface area contributed by atoms with Gasteiger partial charge in [-0.3, -0.25) is 0 Å². The highest BCUT2D eigenvalue weighted by Gasteiger charge is 2.52. The summed E-state index contributed by atoms with van der Waals surface area (Å²) in [5.74, 6) is 0. The smallest absolute Gasteiger partial charge is 0.400 e. The van der Waals surface area contributed by atoms with Gasteiger partial charge in [0.15, 0.2) is 0 Å². The molecule has 0 amide bonds. The van der Waals surface area contributed by atoms with E-state index >= 15 is 0 Å². The molecule has 0 bridgehead atoms. The van der Waals surface area contributed by atoms with Crippen LogP contribution in [0.3, 0.4) is 0 Å². The number of sulfonamides is 1. The maximum atomic E-state index is 12.8. The third-order valence-corrected chi connectivity index (χ3v) is 8.46. The van der Waals surface area contributed by atoms with Gasteiger partial charge in [0.2, 0.25) is 10.0 Å². The fourth-order valence-corrected chi connectivity index (χ4v) is 5.66. The molecule has 2 aliphatic heterocycles. The van der Waals surface area contributed by atoms with Crippen molar-refractivity contribution in [1.82, 2.24) is 4.31 Å². The molecule has 1 saturated carbocycles. The van der Waals surface area contributed by atoms with Crippen LogP contribution in [0, 0.1) is 0 Å². The van der Waals surface area contributed by atoms with Crippen LogP contribution >= 0.6 is 0 Å². The predicted molar refractivity (Wildman–Crippen MR) is 96.1 cm³/mol. The van der Waals surface area contributed by atoms with Gasteiger partial charge < -0.3 is 9.31 Å². The normalized spacial score (nSPS) is 28.8. The second-order valence-electron chi connectivity index (χ2n) is 8.28. The second-order valence-corrected chi connectivity index (χ2v) is 10.5. The SMILES string of the molecule is CC1(C)OB(C2=CCN(S(=O)(=O)C3CCCCC3)CC2)OC1(C)C. The van der Waals surface area contributed by atoms with Crippen LogP contribution in [0.2, 0.25) is 0 Å². The molecule has 3 rings (SSSR count). The monoisotopic (exact) mass is 355 g/mol. The van der Waals surface area contributed by atoms with Gasteiger partial charge >= 0.3 is 7.12 Å². The minimum absolute atomic E-state index is 0.182. The highest BCUT2D eigenvalue weighted by atomic mass is 32.2. The van der Waals surface area contributed by atoms with E-state index in [0.29, 0.717) is 19.5 Å². The summed E-state index contributed by atoms with van der Waals surface area (Å²) in [6, 6.07) is 0. The molecule has 0 radical (unpaired) electrons. The maximum absolute atomic E-state index is 12.8. The average Bonchev–Trinajstić information content (AvgIpc) is 2.76. The molecule has 24 heavy (non-hydrogen) atoms. The molecule has 0 unspecified atom stereocenters. The third-order valence-electron chi connectivity index (χ3n) is 6.10. The first kappa shape index (κ1) is 18.4. The van der Waals surface area contributed by atoms with Crippen LogP contribution < -0.4 is 0 Å². The van der Waals surface area contributed by atoms with E-state index in [1.54, 1.807) is 4.31 Å². The van der Waals surface area contributed by atoms with E-state index in [1.165, 1.54) is 0 Å². The van der Waals surface area contributed by atoms with Crippen LogP contribution in [0.25, 0.3) is 0 Å². The van der Waals surface area contributed by atoms with Gasteiger partial charge in [-0.15, -0.1) is 0 Å². The summed E-state index contributed by atoms with van der Waals surface area (Å²) in [6.07, 6.45) is 7.53. The van der Waals surface area contributed by atoms with E-state index in [1.807, 2.05) is 33.8 Å². The zero-order chi connectivity index (χ0) is 17.6. The van der Waals surface area contributed by atoms with Crippen molar-refractivity contribution in [2.45, 2.75) is 82.7 Å². The molecule has 7 heteroatoms. The molecule has 2 heterocycles. The summed E-state index contributed by atoms with van der Waals surface area (Å²) in [5, 5.41) is -0.182. The van der Waals surface area contributed by atoms with E-state index in [2.05, 4.69) is 0 Å². The van der Waals surface area contributed by atoms with E-state index in [-0.39, 0.29) is 23.6 Å². The Kier molecular flexibility index (Phi) is 4.93. The zero-order valence-electron chi connectivity index (χ0n) is 15.4. The van der Waals surface area contributed by atoms with Crippen LogP contribution in [0.4, 0.5) is 0 Å². The maximum Gasteiger partial charge on any atom is 0.490 e. The zero-order valence-corrected chi connectivity index (χ0v) is 16.2. The Hall–Kier alpha value is -0.365. The number of rotatable bonds is 3. The summed E-state index contributed by atoms with van der Waals surface area (Å²) < 4.78 is 39.4. The first-order valence-electron chi connectivity index (χ1n) is 9.17. The van der Waals surface area contributed by atoms with Crippen molar-refractivity contribution in [1.29, 1.82) is 0 Å². The van der Waals surface area contributed by atoms with E-state index in [4.69, 9.17) is 9.31 Å². The van der Waals surface area contributed by atoms with Gasteiger partial charge in [-0.1, -0.05) is 25.3 Å². The van der Waals surface area contributed by atoms with Crippen molar-refractivity contribution in [2.75, 3.05) is 13.1 Å². The van der Waals surface area contributed by atoms with Crippen molar-refractivity contribution in [3.63, 3.8) is 0 Å². The Bertz CT molecular complexity index is 592. The Balaban J connectivity index is 1.66. The minimum atomic E-state index is -3.17. The van der Waals surface area contributed by atoms with Crippen LogP contribution in [0.1, 0.15) is 66.2 Å². The van der Waals surface area contributed by atoms with Crippen molar-refractivity contribution in [3.05, 3.63) is 11.5 Å². The van der Waals surface area contributed by atoms with Crippen molar-refractivity contribution >= 4 is 17.1 Å². The van der Waals surface area contributed by atoms with Crippen LogP contribution in [0.5, 0.6) is 0 Å². The van der Waals surface area contributed by atoms with Crippen molar-refractivity contribution < 1.29 is 17.7 Å². The van der Waals surface area contributed by atoms with Crippen LogP contribution in [-0.4, -0.2) is 49.4 Å².